The molecule has 34 heavy (non-hydrogen) atoms. The van der Waals surface area contributed by atoms with E-state index in [1.54, 1.807) is 32.9 Å². The van der Waals surface area contributed by atoms with Crippen molar-refractivity contribution in [1.82, 2.24) is 5.16 Å². The second kappa shape index (κ2) is 10.9. The first kappa shape index (κ1) is 24.8. The Balaban J connectivity index is 1.86. The zero-order valence-corrected chi connectivity index (χ0v) is 19.6. The molecule has 3 aromatic rings. The Morgan fingerprint density at radius 2 is 1.71 bits per heavy atom. The average Bonchev–Trinajstić information content (AvgIpc) is 3.46. The Morgan fingerprint density at radius 3 is 2.21 bits per heavy atom. The molecule has 0 aliphatic rings. The summed E-state index contributed by atoms with van der Waals surface area (Å²) in [5.74, 6) is -2.09. The first-order valence-electron chi connectivity index (χ1n) is 10.4. The quantitative estimate of drug-likeness (QED) is 0.302. The summed E-state index contributed by atoms with van der Waals surface area (Å²) in [5.41, 5.74) is 0.427. The van der Waals surface area contributed by atoms with Gasteiger partial charge in [-0.1, -0.05) is 5.16 Å². The van der Waals surface area contributed by atoms with Gasteiger partial charge in [0, 0.05) is 11.8 Å². The molecular weight excluding hydrogens is 466 g/mol. The lowest BCUT2D eigenvalue weighted by Crippen LogP contribution is -2.36. The molecule has 0 bridgehead atoms. The van der Waals surface area contributed by atoms with Crippen molar-refractivity contribution in [1.29, 1.82) is 0 Å². The Morgan fingerprint density at radius 1 is 1.06 bits per heavy atom. The van der Waals surface area contributed by atoms with Gasteiger partial charge in [0.05, 0.1) is 24.4 Å². The van der Waals surface area contributed by atoms with Gasteiger partial charge < -0.3 is 23.7 Å². The molecule has 0 fully saturated rings. The normalized spacial score (nSPS) is 12.2. The number of hydrogen-bond acceptors (Lipinski definition) is 10. The molecule has 0 spiro atoms. The fourth-order valence-corrected chi connectivity index (χ4v) is 4.12. The highest BCUT2D eigenvalue weighted by molar-refractivity contribution is 7.92. The molecule has 0 aliphatic carbocycles. The van der Waals surface area contributed by atoms with Gasteiger partial charge in [-0.25, -0.2) is 8.42 Å². The van der Waals surface area contributed by atoms with E-state index in [-0.39, 0.29) is 23.9 Å². The minimum absolute atomic E-state index is 0.0272. The maximum Gasteiger partial charge on any atom is 0.322 e. The molecule has 0 radical (unpaired) electrons. The highest BCUT2D eigenvalue weighted by atomic mass is 32.2. The van der Waals surface area contributed by atoms with Crippen molar-refractivity contribution in [3.63, 3.8) is 0 Å². The number of carbonyl (C=O) groups is 2. The van der Waals surface area contributed by atoms with E-state index in [9.17, 15) is 18.0 Å². The Labute approximate surface area is 196 Å². The molecule has 0 saturated heterocycles. The van der Waals surface area contributed by atoms with Gasteiger partial charge in [0.25, 0.3) is 10.0 Å². The number of aryl methyl sites for hydroxylation is 1. The number of nitrogens with one attached hydrogen (secondary N) is 2. The summed E-state index contributed by atoms with van der Waals surface area (Å²) in [7, 11) is -3.91. The van der Waals surface area contributed by atoms with Crippen LogP contribution in [0.4, 0.5) is 11.5 Å². The largest absolute Gasteiger partial charge is 0.467 e. The number of nitrogens with zero attached hydrogens (tertiary/aromatic N) is 1. The van der Waals surface area contributed by atoms with Gasteiger partial charge in [0.15, 0.2) is 11.7 Å². The molecule has 3 rings (SSSR count). The van der Waals surface area contributed by atoms with Crippen molar-refractivity contribution in [2.45, 2.75) is 31.7 Å². The zero-order chi connectivity index (χ0) is 24.7. The van der Waals surface area contributed by atoms with Gasteiger partial charge in [0.1, 0.15) is 17.6 Å². The lowest BCUT2D eigenvalue weighted by Gasteiger charge is -2.24. The highest BCUT2D eigenvalue weighted by Gasteiger charge is 2.40. The molecule has 0 unspecified atom stereocenters. The van der Waals surface area contributed by atoms with E-state index in [0.717, 1.165) is 0 Å². The summed E-state index contributed by atoms with van der Waals surface area (Å²) < 4.78 is 48.0. The molecule has 2 heterocycles. The van der Waals surface area contributed by atoms with Crippen LogP contribution in [0.5, 0.6) is 0 Å². The van der Waals surface area contributed by atoms with Crippen LogP contribution in [0.15, 0.2) is 62.6 Å². The molecule has 0 saturated carbocycles. The topological polar surface area (TPSA) is 150 Å². The van der Waals surface area contributed by atoms with Crippen LogP contribution in [-0.2, 0) is 29.1 Å². The van der Waals surface area contributed by atoms with Crippen molar-refractivity contribution < 1.29 is 36.4 Å². The smallest absolute Gasteiger partial charge is 0.322 e. The molecule has 12 heteroatoms. The number of esters is 2. The van der Waals surface area contributed by atoms with E-state index in [2.05, 4.69) is 15.2 Å². The third-order valence-electron chi connectivity index (χ3n) is 4.62. The van der Waals surface area contributed by atoms with Crippen molar-refractivity contribution in [2.75, 3.05) is 23.3 Å². The number of rotatable bonds is 11. The summed E-state index contributed by atoms with van der Waals surface area (Å²) in [5, 5.41) is 6.67. The third-order valence-corrected chi connectivity index (χ3v) is 5.99. The highest BCUT2D eigenvalue weighted by Crippen LogP contribution is 2.30. The summed E-state index contributed by atoms with van der Waals surface area (Å²) >= 11 is 0. The monoisotopic (exact) mass is 491 g/mol. The van der Waals surface area contributed by atoms with Crippen LogP contribution in [0.2, 0.25) is 0 Å². The molecule has 11 nitrogen and oxygen atoms in total. The van der Waals surface area contributed by atoms with Crippen LogP contribution in [0.3, 0.4) is 0 Å². The lowest BCUT2D eigenvalue weighted by molar-refractivity contribution is -0.162. The second-order valence-electron chi connectivity index (χ2n) is 7.07. The number of sulfonamides is 1. The first-order valence-corrected chi connectivity index (χ1v) is 11.9. The standard InChI is InChI=1S/C22H25N3O8S/c1-4-30-21(26)19(22(27)31-5-2)20(17-7-6-12-32-17)23-15-8-10-16(11-9-15)34(28,29)25-18-13-14(3)33-24-18/h6-13,19-20,23H,4-5H2,1-3H3,(H,24,25)/t20-/m0/s1. The van der Waals surface area contributed by atoms with Gasteiger partial charge in [0.2, 0.25) is 0 Å². The molecule has 1 aromatic carbocycles. The van der Waals surface area contributed by atoms with E-state index >= 15 is 0 Å². The molecule has 182 valence electrons. The summed E-state index contributed by atoms with van der Waals surface area (Å²) in [6.07, 6.45) is 1.41. The lowest BCUT2D eigenvalue weighted by atomic mass is 9.97. The number of anilines is 2. The number of hydrogen-bond donors (Lipinski definition) is 2. The molecule has 2 N–H and O–H groups in total. The van der Waals surface area contributed by atoms with Crippen LogP contribution < -0.4 is 10.0 Å². The minimum atomic E-state index is -3.91. The SMILES string of the molecule is CCOC(=O)C(C(=O)OCC)[C@@H](Nc1ccc(S(=O)(=O)Nc2cc(C)on2)cc1)c1ccco1. The summed E-state index contributed by atoms with van der Waals surface area (Å²) in [4.78, 5) is 25.3. The maximum atomic E-state index is 12.6. The fourth-order valence-electron chi connectivity index (χ4n) is 3.14. The maximum absolute atomic E-state index is 12.6. The molecule has 2 aromatic heterocycles. The third kappa shape index (κ3) is 5.95. The Kier molecular flexibility index (Phi) is 7.95. The average molecular weight is 492 g/mol. The van der Waals surface area contributed by atoms with Crippen LogP contribution in [-0.4, -0.2) is 38.7 Å². The predicted molar refractivity (Wildman–Crippen MR) is 120 cm³/mol. The molecule has 0 aliphatic heterocycles. The predicted octanol–water partition coefficient (Wildman–Crippen LogP) is 3.27. The first-order chi connectivity index (χ1) is 16.2. The number of aromatic nitrogens is 1. The molecule has 1 atom stereocenters. The van der Waals surface area contributed by atoms with E-state index in [1.165, 1.54) is 36.6 Å². The van der Waals surface area contributed by atoms with E-state index < -0.39 is 33.9 Å². The van der Waals surface area contributed by atoms with Crippen molar-refractivity contribution in [2.24, 2.45) is 5.92 Å². The van der Waals surface area contributed by atoms with Crippen LogP contribution in [0.25, 0.3) is 0 Å². The molecular formula is C22H25N3O8S. The zero-order valence-electron chi connectivity index (χ0n) is 18.8. The number of ether oxygens (including phenoxy) is 2. The van der Waals surface area contributed by atoms with Crippen LogP contribution in [0, 0.1) is 12.8 Å². The van der Waals surface area contributed by atoms with E-state index in [0.29, 0.717) is 17.2 Å². The number of furan rings is 1. The van der Waals surface area contributed by atoms with Crippen molar-refractivity contribution in [3.05, 3.63) is 60.2 Å². The van der Waals surface area contributed by atoms with Crippen molar-refractivity contribution in [3.8, 4) is 0 Å². The van der Waals surface area contributed by atoms with E-state index in [1.807, 2.05) is 0 Å². The Hall–Kier alpha value is -3.80. The van der Waals surface area contributed by atoms with Gasteiger partial charge in [-0.15, -0.1) is 0 Å². The van der Waals surface area contributed by atoms with Gasteiger partial charge in [-0.05, 0) is 57.2 Å². The van der Waals surface area contributed by atoms with Gasteiger partial charge in [-0.2, -0.15) is 0 Å². The fraction of sp³-hybridized carbons (Fsp3) is 0.318. The summed E-state index contributed by atoms with van der Waals surface area (Å²) in [6.45, 7) is 5.04. The number of carbonyl (C=O) groups excluding carboxylic acids is 2. The Bertz CT molecular complexity index is 1190. The summed E-state index contributed by atoms with van der Waals surface area (Å²) in [6, 6.07) is 9.41. The van der Waals surface area contributed by atoms with E-state index in [4.69, 9.17) is 18.4 Å². The minimum Gasteiger partial charge on any atom is -0.467 e. The van der Waals surface area contributed by atoms with Gasteiger partial charge in [-0.3, -0.25) is 14.3 Å². The van der Waals surface area contributed by atoms with Gasteiger partial charge >= 0.3 is 11.9 Å². The van der Waals surface area contributed by atoms with Crippen LogP contribution >= 0.6 is 0 Å². The second-order valence-corrected chi connectivity index (χ2v) is 8.75. The van der Waals surface area contributed by atoms with Crippen LogP contribution in [0.1, 0.15) is 31.4 Å². The number of benzene rings is 1. The molecule has 0 amide bonds. The van der Waals surface area contributed by atoms with Crippen molar-refractivity contribution >= 4 is 33.5 Å².